The molecule has 0 aromatic heterocycles. The van der Waals surface area contributed by atoms with Crippen LogP contribution >= 0.6 is 0 Å². The minimum Gasteiger partial charge on any atom is -0.490 e. The first kappa shape index (κ1) is 15.5. The number of carbonyl (C=O) groups is 1. The largest absolute Gasteiger partial charge is 0.490 e. The van der Waals surface area contributed by atoms with Gasteiger partial charge in [-0.05, 0) is 42.0 Å². The minimum atomic E-state index is -0.392. The molecular formula is C18H16FNO2. The highest BCUT2D eigenvalue weighted by molar-refractivity contribution is 6.01. The molecule has 22 heavy (non-hydrogen) atoms. The van der Waals surface area contributed by atoms with Crippen molar-refractivity contribution >= 4 is 17.7 Å². The summed E-state index contributed by atoms with van der Waals surface area (Å²) in [5.41, 5.74) is 1.28. The third-order valence-corrected chi connectivity index (χ3v) is 2.77. The van der Waals surface area contributed by atoms with Crippen LogP contribution in [-0.2, 0) is 4.79 Å². The lowest BCUT2D eigenvalue weighted by molar-refractivity contribution is -0.111. The molecule has 0 saturated heterocycles. The average molecular weight is 297 g/mol. The first-order chi connectivity index (χ1) is 10.7. The van der Waals surface area contributed by atoms with Crippen LogP contribution in [0.2, 0.25) is 0 Å². The van der Waals surface area contributed by atoms with E-state index in [2.05, 4.69) is 11.9 Å². The maximum Gasteiger partial charge on any atom is 0.248 e. The average Bonchev–Trinajstić information content (AvgIpc) is 2.52. The Morgan fingerprint density at radius 1 is 1.23 bits per heavy atom. The van der Waals surface area contributed by atoms with E-state index in [1.54, 1.807) is 18.2 Å². The highest BCUT2D eigenvalue weighted by atomic mass is 19.1. The van der Waals surface area contributed by atoms with Gasteiger partial charge < -0.3 is 10.1 Å². The van der Waals surface area contributed by atoms with Crippen LogP contribution in [-0.4, -0.2) is 12.5 Å². The van der Waals surface area contributed by atoms with Gasteiger partial charge in [-0.1, -0.05) is 30.9 Å². The minimum absolute atomic E-state index is 0.322. The van der Waals surface area contributed by atoms with Gasteiger partial charge in [-0.15, -0.1) is 0 Å². The first-order valence-corrected chi connectivity index (χ1v) is 6.76. The molecule has 0 unspecified atom stereocenters. The van der Waals surface area contributed by atoms with Gasteiger partial charge in [0.05, 0.1) is 0 Å². The number of hydrogen-bond donors (Lipinski definition) is 1. The molecule has 112 valence electrons. The van der Waals surface area contributed by atoms with Crippen LogP contribution < -0.4 is 10.1 Å². The van der Waals surface area contributed by atoms with Gasteiger partial charge in [-0.25, -0.2) is 4.39 Å². The molecule has 0 spiro atoms. The molecule has 0 bridgehead atoms. The number of halogens is 1. The Bertz CT molecular complexity index is 678. The van der Waals surface area contributed by atoms with Crippen molar-refractivity contribution in [3.8, 4) is 5.75 Å². The Balaban J connectivity index is 1.93. The number of anilines is 1. The third-order valence-electron chi connectivity index (χ3n) is 2.77. The first-order valence-electron chi connectivity index (χ1n) is 6.76. The van der Waals surface area contributed by atoms with E-state index in [0.29, 0.717) is 12.3 Å². The second-order valence-corrected chi connectivity index (χ2v) is 4.50. The predicted octanol–water partition coefficient (Wildman–Crippen LogP) is 4.04. The van der Waals surface area contributed by atoms with E-state index < -0.39 is 5.82 Å². The molecule has 2 aromatic rings. The molecule has 0 heterocycles. The van der Waals surface area contributed by atoms with Gasteiger partial charge in [-0.3, -0.25) is 4.79 Å². The normalized spacial score (nSPS) is 10.4. The molecule has 2 aromatic carbocycles. The fourth-order valence-electron chi connectivity index (χ4n) is 1.75. The van der Waals surface area contributed by atoms with E-state index >= 15 is 0 Å². The highest BCUT2D eigenvalue weighted by Gasteiger charge is 1.99. The van der Waals surface area contributed by atoms with Crippen molar-refractivity contribution < 1.29 is 13.9 Å². The Labute approximate surface area is 128 Å². The lowest BCUT2D eigenvalue weighted by Crippen LogP contribution is -2.07. The van der Waals surface area contributed by atoms with Crippen LogP contribution in [0.15, 0.2) is 67.3 Å². The summed E-state index contributed by atoms with van der Waals surface area (Å²) < 4.78 is 18.4. The summed E-state index contributed by atoms with van der Waals surface area (Å²) in [4.78, 5) is 11.7. The number of carbonyl (C=O) groups excluding carboxylic acids is 1. The van der Waals surface area contributed by atoms with Gasteiger partial charge in [0, 0.05) is 11.8 Å². The molecular weight excluding hydrogens is 281 g/mol. The molecule has 0 aliphatic carbocycles. The van der Waals surface area contributed by atoms with E-state index in [0.717, 1.165) is 11.3 Å². The maximum atomic E-state index is 13.0. The molecule has 0 atom stereocenters. The Morgan fingerprint density at radius 2 is 2.00 bits per heavy atom. The van der Waals surface area contributed by atoms with Crippen molar-refractivity contribution in [2.75, 3.05) is 11.9 Å². The van der Waals surface area contributed by atoms with Gasteiger partial charge in [0.15, 0.2) is 0 Å². The summed E-state index contributed by atoms with van der Waals surface area (Å²) in [5.74, 6) is 0.0238. The maximum absolute atomic E-state index is 13.0. The number of rotatable bonds is 6. The number of nitrogens with one attached hydrogen (secondary N) is 1. The number of hydrogen-bond acceptors (Lipinski definition) is 2. The van der Waals surface area contributed by atoms with Crippen LogP contribution in [0.1, 0.15) is 5.56 Å². The van der Waals surface area contributed by atoms with Crippen LogP contribution in [0.25, 0.3) is 6.08 Å². The fourth-order valence-corrected chi connectivity index (χ4v) is 1.75. The molecule has 0 fully saturated rings. The second kappa shape index (κ2) is 7.78. The summed E-state index contributed by atoms with van der Waals surface area (Å²) in [6, 6.07) is 13.0. The summed E-state index contributed by atoms with van der Waals surface area (Å²) >= 11 is 0. The molecule has 0 radical (unpaired) electrons. The number of ether oxygens (including phenoxy) is 1. The van der Waals surface area contributed by atoms with Gasteiger partial charge in [0.1, 0.15) is 18.2 Å². The zero-order chi connectivity index (χ0) is 15.8. The fraction of sp³-hybridized carbons (Fsp3) is 0.0556. The Kier molecular flexibility index (Phi) is 5.49. The van der Waals surface area contributed by atoms with E-state index in [1.165, 1.54) is 24.3 Å². The van der Waals surface area contributed by atoms with E-state index in [-0.39, 0.29) is 5.91 Å². The zero-order valence-corrected chi connectivity index (χ0v) is 12.0. The van der Waals surface area contributed by atoms with Crippen molar-refractivity contribution in [3.05, 3.63) is 78.6 Å². The lowest BCUT2D eigenvalue weighted by Gasteiger charge is -2.03. The monoisotopic (exact) mass is 297 g/mol. The quantitative estimate of drug-likeness (QED) is 0.645. The zero-order valence-electron chi connectivity index (χ0n) is 12.0. The predicted molar refractivity (Wildman–Crippen MR) is 86.2 cm³/mol. The van der Waals surface area contributed by atoms with Crippen LogP contribution in [0.4, 0.5) is 10.1 Å². The molecule has 1 N–H and O–H groups in total. The van der Waals surface area contributed by atoms with Gasteiger partial charge in [0.2, 0.25) is 5.91 Å². The Morgan fingerprint density at radius 3 is 2.68 bits per heavy atom. The van der Waals surface area contributed by atoms with Crippen molar-refractivity contribution in [2.45, 2.75) is 0 Å². The molecule has 0 saturated carbocycles. The molecule has 4 heteroatoms. The van der Waals surface area contributed by atoms with Gasteiger partial charge in [-0.2, -0.15) is 0 Å². The number of benzene rings is 2. The molecule has 0 aliphatic rings. The van der Waals surface area contributed by atoms with Gasteiger partial charge >= 0.3 is 0 Å². The molecule has 0 aliphatic heterocycles. The highest BCUT2D eigenvalue weighted by Crippen LogP contribution is 2.13. The SMILES string of the molecule is C=CCOc1ccc(/C=C/C(=O)Nc2cccc(F)c2)cc1. The van der Waals surface area contributed by atoms with E-state index in [9.17, 15) is 9.18 Å². The third kappa shape index (κ3) is 4.90. The molecule has 3 nitrogen and oxygen atoms in total. The summed E-state index contributed by atoms with van der Waals surface area (Å²) in [5, 5.41) is 2.59. The number of amides is 1. The van der Waals surface area contributed by atoms with Crippen LogP contribution in [0.5, 0.6) is 5.75 Å². The second-order valence-electron chi connectivity index (χ2n) is 4.50. The van der Waals surface area contributed by atoms with Crippen LogP contribution in [0.3, 0.4) is 0 Å². The topological polar surface area (TPSA) is 38.3 Å². The van der Waals surface area contributed by atoms with Crippen molar-refractivity contribution in [2.24, 2.45) is 0 Å². The smallest absolute Gasteiger partial charge is 0.248 e. The summed E-state index contributed by atoms with van der Waals surface area (Å²) in [6.45, 7) is 4.03. The van der Waals surface area contributed by atoms with Gasteiger partial charge in [0.25, 0.3) is 0 Å². The van der Waals surface area contributed by atoms with E-state index in [4.69, 9.17) is 4.74 Å². The summed E-state index contributed by atoms with van der Waals surface area (Å²) in [6.07, 6.45) is 4.74. The summed E-state index contributed by atoms with van der Waals surface area (Å²) in [7, 11) is 0. The van der Waals surface area contributed by atoms with Crippen LogP contribution in [0, 0.1) is 5.82 Å². The lowest BCUT2D eigenvalue weighted by atomic mass is 10.2. The molecule has 1 amide bonds. The Hall–Kier alpha value is -2.88. The standard InChI is InChI=1S/C18H16FNO2/c1-2-12-22-17-9-6-14(7-10-17)8-11-18(21)20-16-5-3-4-15(19)13-16/h2-11,13H,1,12H2,(H,20,21)/b11-8+. The molecule has 2 rings (SSSR count). The van der Waals surface area contributed by atoms with Crippen molar-refractivity contribution in [3.63, 3.8) is 0 Å². The van der Waals surface area contributed by atoms with E-state index in [1.807, 2.05) is 24.3 Å². The van der Waals surface area contributed by atoms with Crippen molar-refractivity contribution in [1.29, 1.82) is 0 Å². The van der Waals surface area contributed by atoms with Crippen molar-refractivity contribution in [1.82, 2.24) is 0 Å².